The molecule has 2 N–H and O–H groups in total. The number of phenolic OH excluding ortho intramolecular Hbond substituents is 2. The molecule has 1 aliphatic heterocycles. The third-order valence-electron chi connectivity index (χ3n) is 3.32. The summed E-state index contributed by atoms with van der Waals surface area (Å²) in [6.07, 6.45) is 0.878. The van der Waals surface area contributed by atoms with E-state index in [0.29, 0.717) is 18.7 Å². The third-order valence-corrected chi connectivity index (χ3v) is 4.34. The van der Waals surface area contributed by atoms with E-state index in [1.54, 1.807) is 16.2 Å². The molecule has 0 bridgehead atoms. The highest BCUT2D eigenvalue weighted by Gasteiger charge is 2.22. The summed E-state index contributed by atoms with van der Waals surface area (Å²) in [6, 6.07) is 6.22. The van der Waals surface area contributed by atoms with E-state index >= 15 is 0 Å². The summed E-state index contributed by atoms with van der Waals surface area (Å²) in [4.78, 5) is 15.4. The summed E-state index contributed by atoms with van der Waals surface area (Å²) in [5.41, 5.74) is 1.60. The number of fused-ring (bicyclic) bond motifs is 1. The molecular weight excluding hydrogens is 262 g/mol. The van der Waals surface area contributed by atoms with E-state index in [0.717, 1.165) is 6.42 Å². The first kappa shape index (κ1) is 12.0. The Kier molecular flexibility index (Phi) is 2.91. The highest BCUT2D eigenvalue weighted by Crippen LogP contribution is 2.28. The van der Waals surface area contributed by atoms with E-state index in [4.69, 9.17) is 0 Å². The van der Waals surface area contributed by atoms with Gasteiger partial charge in [0.2, 0.25) is 0 Å². The van der Waals surface area contributed by atoms with Crippen molar-refractivity contribution in [2.75, 3.05) is 6.54 Å². The monoisotopic (exact) mass is 275 g/mol. The van der Waals surface area contributed by atoms with Crippen LogP contribution in [0.5, 0.6) is 11.5 Å². The van der Waals surface area contributed by atoms with Crippen molar-refractivity contribution in [3.8, 4) is 11.5 Å². The Morgan fingerprint density at radius 3 is 2.84 bits per heavy atom. The number of rotatable bonds is 1. The first-order chi connectivity index (χ1) is 9.15. The number of carbonyl (C=O) groups is 1. The van der Waals surface area contributed by atoms with Crippen LogP contribution in [0.1, 0.15) is 20.8 Å². The van der Waals surface area contributed by atoms with Crippen molar-refractivity contribution in [3.63, 3.8) is 0 Å². The van der Waals surface area contributed by atoms with Gasteiger partial charge in [-0.2, -0.15) is 0 Å². The summed E-state index contributed by atoms with van der Waals surface area (Å²) >= 11 is 1.73. The van der Waals surface area contributed by atoms with E-state index in [-0.39, 0.29) is 17.4 Å². The molecule has 0 saturated carbocycles. The molecule has 1 amide bonds. The van der Waals surface area contributed by atoms with Crippen molar-refractivity contribution in [2.24, 2.45) is 0 Å². The molecule has 98 valence electrons. The lowest BCUT2D eigenvalue weighted by Crippen LogP contribution is -2.35. The standard InChI is InChI=1S/C14H13NO3S/c16-11-2-1-9(7-12(11)17)14(18)15-5-3-13-10(8-15)4-6-19-13/h1-2,4,6-7,16-17H,3,5,8H2. The maximum atomic E-state index is 12.3. The number of hydrogen-bond donors (Lipinski definition) is 2. The molecule has 3 rings (SSSR count). The average Bonchev–Trinajstić information content (AvgIpc) is 2.88. The summed E-state index contributed by atoms with van der Waals surface area (Å²) in [6.45, 7) is 1.30. The molecule has 4 nitrogen and oxygen atoms in total. The molecular formula is C14H13NO3S. The zero-order valence-corrected chi connectivity index (χ0v) is 11.0. The van der Waals surface area contributed by atoms with Gasteiger partial charge in [-0.25, -0.2) is 0 Å². The number of amides is 1. The topological polar surface area (TPSA) is 60.8 Å². The molecule has 0 fully saturated rings. The second-order valence-electron chi connectivity index (χ2n) is 4.55. The molecule has 0 radical (unpaired) electrons. The Morgan fingerprint density at radius 2 is 2.05 bits per heavy atom. The number of nitrogens with zero attached hydrogens (tertiary/aromatic N) is 1. The van der Waals surface area contributed by atoms with Crippen molar-refractivity contribution >= 4 is 17.2 Å². The summed E-state index contributed by atoms with van der Waals surface area (Å²) in [5, 5.41) is 20.8. The molecule has 1 aromatic carbocycles. The highest BCUT2D eigenvalue weighted by atomic mass is 32.1. The number of phenols is 2. The minimum absolute atomic E-state index is 0.118. The maximum absolute atomic E-state index is 12.3. The molecule has 0 spiro atoms. The number of benzene rings is 1. The predicted octanol–water partition coefficient (Wildman–Crippen LogP) is 2.36. The Balaban J connectivity index is 1.83. The lowest BCUT2D eigenvalue weighted by atomic mass is 10.1. The number of carbonyl (C=O) groups excluding carboxylic acids is 1. The van der Waals surface area contributed by atoms with Gasteiger partial charge >= 0.3 is 0 Å². The molecule has 0 aliphatic carbocycles. The lowest BCUT2D eigenvalue weighted by molar-refractivity contribution is 0.0735. The van der Waals surface area contributed by atoms with Gasteiger partial charge in [-0.3, -0.25) is 4.79 Å². The Labute approximate surface area is 114 Å². The van der Waals surface area contributed by atoms with Crippen LogP contribution in [0, 0.1) is 0 Å². The molecule has 0 atom stereocenters. The van der Waals surface area contributed by atoms with E-state index in [2.05, 4.69) is 0 Å². The quantitative estimate of drug-likeness (QED) is 0.785. The van der Waals surface area contributed by atoms with Gasteiger partial charge < -0.3 is 15.1 Å². The zero-order chi connectivity index (χ0) is 13.4. The minimum atomic E-state index is -0.265. The smallest absolute Gasteiger partial charge is 0.254 e. The first-order valence-corrected chi connectivity index (χ1v) is 6.89. The third kappa shape index (κ3) is 2.17. The van der Waals surface area contributed by atoms with E-state index in [1.807, 2.05) is 11.4 Å². The molecule has 19 heavy (non-hydrogen) atoms. The molecule has 1 aliphatic rings. The average molecular weight is 275 g/mol. The van der Waals surface area contributed by atoms with Crippen LogP contribution in [-0.2, 0) is 13.0 Å². The normalized spacial score (nSPS) is 14.2. The van der Waals surface area contributed by atoms with Gasteiger partial charge in [-0.05, 0) is 41.6 Å². The van der Waals surface area contributed by atoms with Gasteiger partial charge in [0.1, 0.15) is 0 Å². The van der Waals surface area contributed by atoms with Gasteiger partial charge in [0.25, 0.3) is 5.91 Å². The van der Waals surface area contributed by atoms with Crippen molar-refractivity contribution < 1.29 is 15.0 Å². The Hall–Kier alpha value is -2.01. The number of hydrogen-bond acceptors (Lipinski definition) is 4. The van der Waals surface area contributed by atoms with E-state index < -0.39 is 0 Å². The molecule has 0 unspecified atom stereocenters. The Bertz CT molecular complexity index is 635. The molecule has 2 aromatic rings. The number of thiophene rings is 1. The second-order valence-corrected chi connectivity index (χ2v) is 5.55. The van der Waals surface area contributed by atoms with Crippen LogP contribution in [0.25, 0.3) is 0 Å². The van der Waals surface area contributed by atoms with Crippen molar-refractivity contribution in [1.82, 2.24) is 4.90 Å². The fourth-order valence-electron chi connectivity index (χ4n) is 2.26. The van der Waals surface area contributed by atoms with Crippen molar-refractivity contribution in [3.05, 3.63) is 45.6 Å². The molecule has 5 heteroatoms. The fraction of sp³-hybridized carbons (Fsp3) is 0.214. The first-order valence-electron chi connectivity index (χ1n) is 6.01. The van der Waals surface area contributed by atoms with Crippen LogP contribution in [0.2, 0.25) is 0 Å². The van der Waals surface area contributed by atoms with E-state index in [1.165, 1.54) is 28.6 Å². The summed E-state index contributed by atoms with van der Waals surface area (Å²) in [5.74, 6) is -0.596. The largest absolute Gasteiger partial charge is 0.504 e. The molecule has 2 heterocycles. The van der Waals surface area contributed by atoms with Gasteiger partial charge in [-0.15, -0.1) is 11.3 Å². The van der Waals surface area contributed by atoms with Crippen molar-refractivity contribution in [2.45, 2.75) is 13.0 Å². The molecule has 0 saturated heterocycles. The fourth-order valence-corrected chi connectivity index (χ4v) is 3.15. The van der Waals surface area contributed by atoms with Crippen LogP contribution in [0.15, 0.2) is 29.6 Å². The lowest BCUT2D eigenvalue weighted by Gasteiger charge is -2.27. The Morgan fingerprint density at radius 1 is 1.21 bits per heavy atom. The molecule has 1 aromatic heterocycles. The van der Waals surface area contributed by atoms with Crippen LogP contribution < -0.4 is 0 Å². The van der Waals surface area contributed by atoms with Gasteiger partial charge in [-0.1, -0.05) is 0 Å². The van der Waals surface area contributed by atoms with Gasteiger partial charge in [0.05, 0.1) is 0 Å². The number of aromatic hydroxyl groups is 2. The summed E-state index contributed by atoms with van der Waals surface area (Å²) in [7, 11) is 0. The van der Waals surface area contributed by atoms with Crippen molar-refractivity contribution in [1.29, 1.82) is 0 Å². The SMILES string of the molecule is O=C(c1ccc(O)c(O)c1)N1CCc2sccc2C1. The minimum Gasteiger partial charge on any atom is -0.504 e. The van der Waals surface area contributed by atoms with Gasteiger partial charge in [0, 0.05) is 23.5 Å². The summed E-state index contributed by atoms with van der Waals surface area (Å²) < 4.78 is 0. The van der Waals surface area contributed by atoms with Crippen LogP contribution in [0.4, 0.5) is 0 Å². The van der Waals surface area contributed by atoms with Crippen LogP contribution in [0.3, 0.4) is 0 Å². The maximum Gasteiger partial charge on any atom is 0.254 e. The highest BCUT2D eigenvalue weighted by molar-refractivity contribution is 7.10. The second kappa shape index (κ2) is 4.59. The zero-order valence-electron chi connectivity index (χ0n) is 10.2. The van der Waals surface area contributed by atoms with Crippen LogP contribution >= 0.6 is 11.3 Å². The van der Waals surface area contributed by atoms with E-state index in [9.17, 15) is 15.0 Å². The predicted molar refractivity (Wildman–Crippen MR) is 72.5 cm³/mol. The van der Waals surface area contributed by atoms with Crippen LogP contribution in [-0.4, -0.2) is 27.6 Å². The van der Waals surface area contributed by atoms with Gasteiger partial charge in [0.15, 0.2) is 11.5 Å².